The van der Waals surface area contributed by atoms with Gasteiger partial charge in [0.2, 0.25) is 0 Å². The molecule has 0 radical (unpaired) electrons. The van der Waals surface area contributed by atoms with E-state index in [1.165, 1.54) is 5.57 Å². The van der Waals surface area contributed by atoms with Crippen LogP contribution in [-0.4, -0.2) is 12.3 Å². The first-order valence-electron chi connectivity index (χ1n) is 15.8. The highest BCUT2D eigenvalue weighted by molar-refractivity contribution is 6.08. The van der Waals surface area contributed by atoms with Crippen LogP contribution >= 0.6 is 0 Å². The van der Waals surface area contributed by atoms with Crippen LogP contribution in [0.4, 0.5) is 0 Å². The number of hydrogen-bond acceptors (Lipinski definition) is 4. The number of benzene rings is 1. The summed E-state index contributed by atoms with van der Waals surface area (Å²) in [6.45, 7) is 47.1. The topological polar surface area (TPSA) is 48.5 Å². The Bertz CT molecular complexity index is 1410. The summed E-state index contributed by atoms with van der Waals surface area (Å²) >= 11 is 0. The molecule has 0 saturated heterocycles. The number of hydrogen-bond donors (Lipinski definition) is 3. The van der Waals surface area contributed by atoms with E-state index in [-0.39, 0.29) is 6.04 Å². The molecule has 3 N–H and O–H groups in total. The molecule has 0 heterocycles. The van der Waals surface area contributed by atoms with E-state index in [4.69, 9.17) is 4.99 Å². The number of rotatable bonds is 18. The van der Waals surface area contributed by atoms with Crippen LogP contribution in [0.25, 0.3) is 5.57 Å². The zero-order chi connectivity index (χ0) is 35.4. The molecule has 1 rings (SSSR count). The highest BCUT2D eigenvalue weighted by Gasteiger charge is 2.14. The van der Waals surface area contributed by atoms with Crippen LogP contribution in [0.5, 0.6) is 0 Å². The van der Waals surface area contributed by atoms with E-state index in [2.05, 4.69) is 105 Å². The van der Waals surface area contributed by atoms with E-state index in [1.807, 2.05) is 73.6 Å². The second-order valence-corrected chi connectivity index (χ2v) is 11.7. The highest BCUT2D eigenvalue weighted by atomic mass is 14.9. The van der Waals surface area contributed by atoms with Crippen molar-refractivity contribution in [2.75, 3.05) is 6.54 Å². The summed E-state index contributed by atoms with van der Waals surface area (Å²) in [6, 6.07) is 8.33. The smallest absolute Gasteiger partial charge is 0.0861 e. The summed E-state index contributed by atoms with van der Waals surface area (Å²) in [5, 5.41) is 10.4. The molecule has 0 saturated carbocycles. The monoisotopic (exact) mass is 620 g/mol. The fourth-order valence-corrected chi connectivity index (χ4v) is 3.73. The molecular formula is C42H60N4. The van der Waals surface area contributed by atoms with Crippen LogP contribution in [0.1, 0.15) is 92.3 Å². The molecule has 4 heteroatoms. The molecule has 0 aliphatic carbocycles. The Balaban J connectivity index is 0.00000476. The molecule has 248 valence electrons. The van der Waals surface area contributed by atoms with E-state index in [0.29, 0.717) is 6.54 Å². The lowest BCUT2D eigenvalue weighted by molar-refractivity contribution is 0.688. The van der Waals surface area contributed by atoms with Crippen molar-refractivity contribution in [1.29, 1.82) is 0 Å². The standard InChI is InChI=1S/C38H52N4.C4H8/c1-14-28(8)36(40-30(10)15-2)19-17-18-24-39-33(13)37(41-31(11)16-3)25-29(9)32(12)42-38(27(6)7)35-22-20-34(21-23-35)26(4)5;1-4(2)3/h14,16-17,19-23,25,38-40,42H,1,4,6,10,12-13,15,18,24H2,2-3,5,7-9,11H3;1H2,2-3H3/b19-17-,29-25+,31-16+,36-28+,41-37+;. The number of nitrogens with zero attached hydrogens (tertiary/aromatic N) is 1. The van der Waals surface area contributed by atoms with E-state index in [9.17, 15) is 0 Å². The van der Waals surface area contributed by atoms with E-state index in [1.54, 1.807) is 0 Å². The SMILES string of the molecule is C=C(C)C.C=C/C(C)=C(\C=C/CCNC(=C)C(/C=C(\C)C(=C)NC(C(=C)C)c1ccc(C(=C)C)cc1)=N/C(C)=C/C)NC(=C)CC. The van der Waals surface area contributed by atoms with Crippen LogP contribution in [0, 0.1) is 0 Å². The predicted octanol–water partition coefficient (Wildman–Crippen LogP) is 11.4. The van der Waals surface area contributed by atoms with Crippen molar-refractivity contribution >= 4 is 11.3 Å². The van der Waals surface area contributed by atoms with Gasteiger partial charge in [-0.1, -0.05) is 106 Å². The maximum atomic E-state index is 4.81. The summed E-state index contributed by atoms with van der Waals surface area (Å²) in [6.07, 6.45) is 11.7. The molecule has 1 aromatic carbocycles. The second kappa shape index (κ2) is 22.0. The summed E-state index contributed by atoms with van der Waals surface area (Å²) in [5.74, 6) is 0. The average molecular weight is 621 g/mol. The maximum absolute atomic E-state index is 4.81. The van der Waals surface area contributed by atoms with Crippen molar-refractivity contribution in [3.63, 3.8) is 0 Å². The van der Waals surface area contributed by atoms with Gasteiger partial charge in [0, 0.05) is 29.3 Å². The lowest BCUT2D eigenvalue weighted by atomic mass is 9.97. The maximum Gasteiger partial charge on any atom is 0.0861 e. The van der Waals surface area contributed by atoms with Gasteiger partial charge in [-0.3, -0.25) is 4.99 Å². The Morgan fingerprint density at radius 2 is 1.48 bits per heavy atom. The molecule has 1 aromatic rings. The molecule has 4 nitrogen and oxygen atoms in total. The van der Waals surface area contributed by atoms with Gasteiger partial charge in [0.25, 0.3) is 0 Å². The van der Waals surface area contributed by atoms with Crippen molar-refractivity contribution < 1.29 is 0 Å². The van der Waals surface area contributed by atoms with E-state index < -0.39 is 0 Å². The first kappa shape index (κ1) is 41.4. The quantitative estimate of drug-likeness (QED) is 0.0662. The van der Waals surface area contributed by atoms with Gasteiger partial charge in [-0.15, -0.1) is 6.58 Å². The fraction of sp³-hybridized carbons (Fsp3) is 0.310. The van der Waals surface area contributed by atoms with Gasteiger partial charge < -0.3 is 16.0 Å². The Morgan fingerprint density at radius 1 is 0.891 bits per heavy atom. The number of nitrogens with one attached hydrogen (secondary N) is 3. The summed E-state index contributed by atoms with van der Waals surface area (Å²) in [5.41, 5.74) is 12.7. The van der Waals surface area contributed by atoms with Crippen molar-refractivity contribution in [1.82, 2.24) is 16.0 Å². The number of allylic oxidation sites excluding steroid dienone is 10. The van der Waals surface area contributed by atoms with E-state index in [0.717, 1.165) is 80.5 Å². The van der Waals surface area contributed by atoms with Crippen LogP contribution in [-0.2, 0) is 0 Å². The largest absolute Gasteiger partial charge is 0.383 e. The minimum atomic E-state index is -0.0709. The summed E-state index contributed by atoms with van der Waals surface area (Å²) in [4.78, 5) is 4.81. The molecule has 0 bridgehead atoms. The molecule has 46 heavy (non-hydrogen) atoms. The molecule has 0 aromatic heterocycles. The summed E-state index contributed by atoms with van der Waals surface area (Å²) in [7, 11) is 0. The molecule has 1 unspecified atom stereocenters. The van der Waals surface area contributed by atoms with Gasteiger partial charge >= 0.3 is 0 Å². The van der Waals surface area contributed by atoms with E-state index >= 15 is 0 Å². The Morgan fingerprint density at radius 3 is 1.96 bits per heavy atom. The van der Waals surface area contributed by atoms with Crippen LogP contribution < -0.4 is 16.0 Å². The molecule has 0 aliphatic rings. The lowest BCUT2D eigenvalue weighted by Crippen LogP contribution is -2.23. The minimum Gasteiger partial charge on any atom is -0.383 e. The third kappa shape index (κ3) is 16.5. The Labute approximate surface area is 282 Å². The third-order valence-corrected chi connectivity index (χ3v) is 6.80. The lowest BCUT2D eigenvalue weighted by Gasteiger charge is -2.23. The van der Waals surface area contributed by atoms with Gasteiger partial charge in [-0.05, 0) is 103 Å². The minimum absolute atomic E-state index is 0.0709. The average Bonchev–Trinajstić information content (AvgIpc) is 3.01. The van der Waals surface area contributed by atoms with Crippen molar-refractivity contribution in [3.8, 4) is 0 Å². The fourth-order valence-electron chi connectivity index (χ4n) is 3.73. The molecule has 1 atom stereocenters. The van der Waals surface area contributed by atoms with Crippen molar-refractivity contribution in [2.24, 2.45) is 4.99 Å². The van der Waals surface area contributed by atoms with Gasteiger partial charge in [0.15, 0.2) is 0 Å². The van der Waals surface area contributed by atoms with Crippen LogP contribution in [0.3, 0.4) is 0 Å². The molecule has 0 spiro atoms. The Kier molecular flexibility index (Phi) is 19.8. The van der Waals surface area contributed by atoms with Crippen molar-refractivity contribution in [3.05, 3.63) is 163 Å². The first-order valence-corrected chi connectivity index (χ1v) is 15.8. The second-order valence-electron chi connectivity index (χ2n) is 11.7. The normalized spacial score (nSPS) is 13.0. The first-order chi connectivity index (χ1) is 21.6. The van der Waals surface area contributed by atoms with Crippen LogP contribution in [0.2, 0.25) is 0 Å². The molecule has 0 aliphatic heterocycles. The molecular weight excluding hydrogens is 560 g/mol. The van der Waals surface area contributed by atoms with Gasteiger partial charge in [-0.2, -0.15) is 0 Å². The van der Waals surface area contributed by atoms with Gasteiger partial charge in [-0.25, -0.2) is 0 Å². The third-order valence-electron chi connectivity index (χ3n) is 6.80. The van der Waals surface area contributed by atoms with Gasteiger partial charge in [0.1, 0.15) is 0 Å². The van der Waals surface area contributed by atoms with Crippen molar-refractivity contribution in [2.45, 2.75) is 81.2 Å². The predicted molar refractivity (Wildman–Crippen MR) is 208 cm³/mol. The van der Waals surface area contributed by atoms with Crippen LogP contribution in [0.15, 0.2) is 156 Å². The van der Waals surface area contributed by atoms with Gasteiger partial charge in [0.05, 0.1) is 17.5 Å². The number of aliphatic imine (C=N–C) groups is 1. The zero-order valence-electron chi connectivity index (χ0n) is 30.3. The molecule has 0 amide bonds. The molecule has 0 fully saturated rings. The zero-order valence-corrected chi connectivity index (χ0v) is 30.3. The summed E-state index contributed by atoms with van der Waals surface area (Å²) < 4.78 is 0. The highest BCUT2D eigenvalue weighted by Crippen LogP contribution is 2.25. The Hall–Kier alpha value is -4.57.